The summed E-state index contributed by atoms with van der Waals surface area (Å²) in [6, 6.07) is 9.91. The summed E-state index contributed by atoms with van der Waals surface area (Å²) < 4.78 is 12.8. The quantitative estimate of drug-likeness (QED) is 0.675. The van der Waals surface area contributed by atoms with Crippen molar-refractivity contribution in [3.63, 3.8) is 0 Å². The van der Waals surface area contributed by atoms with Crippen LogP contribution in [-0.2, 0) is 0 Å². The Morgan fingerprint density at radius 3 is 2.53 bits per heavy atom. The standard InChI is InChI=1S/C22H25N5O3/c1-15-19(12-24-27(15)17-6-4-3-5-7-17)22(28)25-16-8-10-18(11-9-16)30-21-14-23-13-20(26-21)29-2/h3-7,12-14,16,18H,8-11H2,1-2H3,(H,25,28). The first-order valence-corrected chi connectivity index (χ1v) is 10.1. The fraction of sp³-hybridized carbons (Fsp3) is 0.364. The summed E-state index contributed by atoms with van der Waals surface area (Å²) in [6.45, 7) is 1.91. The van der Waals surface area contributed by atoms with E-state index in [9.17, 15) is 4.79 Å². The summed E-state index contributed by atoms with van der Waals surface area (Å²) in [5.41, 5.74) is 2.36. The van der Waals surface area contributed by atoms with E-state index in [1.165, 1.54) is 0 Å². The highest BCUT2D eigenvalue weighted by atomic mass is 16.5. The third-order valence-corrected chi connectivity index (χ3v) is 5.35. The summed E-state index contributed by atoms with van der Waals surface area (Å²) in [4.78, 5) is 21.1. The highest BCUT2D eigenvalue weighted by Gasteiger charge is 2.25. The van der Waals surface area contributed by atoms with Crippen LogP contribution in [0.3, 0.4) is 0 Å². The number of hydrogen-bond acceptors (Lipinski definition) is 6. The van der Waals surface area contributed by atoms with Crippen molar-refractivity contribution < 1.29 is 14.3 Å². The normalized spacial score (nSPS) is 18.6. The number of aromatic nitrogens is 4. The Morgan fingerprint density at radius 1 is 1.07 bits per heavy atom. The van der Waals surface area contributed by atoms with Crippen LogP contribution in [0.5, 0.6) is 11.8 Å². The molecule has 0 aliphatic heterocycles. The second kappa shape index (κ2) is 8.94. The van der Waals surface area contributed by atoms with Gasteiger partial charge in [-0.1, -0.05) is 18.2 Å². The van der Waals surface area contributed by atoms with Gasteiger partial charge in [0.2, 0.25) is 11.8 Å². The van der Waals surface area contributed by atoms with Crippen LogP contribution in [-0.4, -0.2) is 44.9 Å². The van der Waals surface area contributed by atoms with Crippen LogP contribution in [0.1, 0.15) is 41.7 Å². The molecule has 0 unspecified atom stereocenters. The minimum absolute atomic E-state index is 0.0575. The van der Waals surface area contributed by atoms with E-state index < -0.39 is 0 Å². The summed E-state index contributed by atoms with van der Waals surface area (Å²) in [5, 5.41) is 7.53. The zero-order valence-electron chi connectivity index (χ0n) is 17.1. The predicted molar refractivity (Wildman–Crippen MR) is 111 cm³/mol. The fourth-order valence-corrected chi connectivity index (χ4v) is 3.71. The topological polar surface area (TPSA) is 91.2 Å². The molecule has 0 bridgehead atoms. The van der Waals surface area contributed by atoms with E-state index in [0.29, 0.717) is 17.3 Å². The van der Waals surface area contributed by atoms with Crippen LogP contribution in [0.15, 0.2) is 48.9 Å². The molecule has 30 heavy (non-hydrogen) atoms. The van der Waals surface area contributed by atoms with Crippen LogP contribution >= 0.6 is 0 Å². The second-order valence-electron chi connectivity index (χ2n) is 7.36. The third-order valence-electron chi connectivity index (χ3n) is 5.35. The number of carbonyl (C=O) groups is 1. The first-order chi connectivity index (χ1) is 14.6. The van der Waals surface area contributed by atoms with Gasteiger partial charge in [-0.3, -0.25) is 9.78 Å². The van der Waals surface area contributed by atoms with Crippen molar-refractivity contribution in [1.29, 1.82) is 0 Å². The minimum atomic E-state index is -0.0855. The molecule has 0 atom stereocenters. The highest BCUT2D eigenvalue weighted by Crippen LogP contribution is 2.24. The van der Waals surface area contributed by atoms with Gasteiger partial charge in [0.05, 0.1) is 42.6 Å². The van der Waals surface area contributed by atoms with Gasteiger partial charge in [0, 0.05) is 6.04 Å². The Labute approximate surface area is 175 Å². The number of ether oxygens (including phenoxy) is 2. The van der Waals surface area contributed by atoms with Crippen LogP contribution in [0, 0.1) is 6.92 Å². The summed E-state index contributed by atoms with van der Waals surface area (Å²) in [7, 11) is 1.55. The van der Waals surface area contributed by atoms with E-state index in [1.54, 1.807) is 30.4 Å². The molecule has 8 nitrogen and oxygen atoms in total. The van der Waals surface area contributed by atoms with E-state index in [4.69, 9.17) is 9.47 Å². The van der Waals surface area contributed by atoms with Gasteiger partial charge in [0.15, 0.2) is 0 Å². The molecule has 0 saturated heterocycles. The van der Waals surface area contributed by atoms with E-state index in [2.05, 4.69) is 20.4 Å². The van der Waals surface area contributed by atoms with E-state index in [1.807, 2.05) is 37.3 Å². The van der Waals surface area contributed by atoms with Gasteiger partial charge in [-0.25, -0.2) is 4.68 Å². The van der Waals surface area contributed by atoms with E-state index >= 15 is 0 Å². The molecule has 1 aliphatic carbocycles. The van der Waals surface area contributed by atoms with Gasteiger partial charge >= 0.3 is 0 Å². The molecule has 1 saturated carbocycles. The van der Waals surface area contributed by atoms with Gasteiger partial charge in [-0.05, 0) is 44.7 Å². The lowest BCUT2D eigenvalue weighted by molar-refractivity contribution is 0.0888. The maximum absolute atomic E-state index is 12.8. The van der Waals surface area contributed by atoms with Crippen LogP contribution in [0.25, 0.3) is 5.69 Å². The third kappa shape index (κ3) is 4.42. The first kappa shape index (κ1) is 19.9. The molecule has 1 N–H and O–H groups in total. The Kier molecular flexibility index (Phi) is 5.92. The number of para-hydroxylation sites is 1. The number of nitrogens with one attached hydrogen (secondary N) is 1. The van der Waals surface area contributed by atoms with E-state index in [0.717, 1.165) is 37.1 Å². The monoisotopic (exact) mass is 407 g/mol. The van der Waals surface area contributed by atoms with Gasteiger partial charge in [-0.15, -0.1) is 0 Å². The minimum Gasteiger partial charge on any atom is -0.480 e. The Morgan fingerprint density at radius 2 is 1.80 bits per heavy atom. The molecule has 0 radical (unpaired) electrons. The molecule has 1 aliphatic rings. The molecule has 0 spiro atoms. The molecule has 1 amide bonds. The predicted octanol–water partition coefficient (Wildman–Crippen LogP) is 3.10. The van der Waals surface area contributed by atoms with Crippen molar-refractivity contribution in [2.45, 2.75) is 44.8 Å². The number of carbonyl (C=O) groups excluding carboxylic acids is 1. The van der Waals surface area contributed by atoms with Crippen molar-refractivity contribution in [3.8, 4) is 17.4 Å². The van der Waals surface area contributed by atoms with Crippen molar-refractivity contribution >= 4 is 5.91 Å². The number of amides is 1. The molecule has 4 rings (SSSR count). The van der Waals surface area contributed by atoms with Crippen LogP contribution in [0.2, 0.25) is 0 Å². The van der Waals surface area contributed by atoms with Crippen LogP contribution < -0.4 is 14.8 Å². The molecule has 3 aromatic rings. The van der Waals surface area contributed by atoms with Gasteiger partial charge in [0.25, 0.3) is 5.91 Å². The number of benzene rings is 1. The lowest BCUT2D eigenvalue weighted by Crippen LogP contribution is -2.39. The van der Waals surface area contributed by atoms with Crippen molar-refractivity contribution in [1.82, 2.24) is 25.1 Å². The molecular formula is C22H25N5O3. The van der Waals surface area contributed by atoms with Crippen LogP contribution in [0.4, 0.5) is 0 Å². The Hall–Kier alpha value is -3.42. The fourth-order valence-electron chi connectivity index (χ4n) is 3.71. The van der Waals surface area contributed by atoms with Crippen molar-refractivity contribution in [2.75, 3.05) is 7.11 Å². The zero-order valence-corrected chi connectivity index (χ0v) is 17.1. The number of rotatable bonds is 6. The average molecular weight is 407 g/mol. The lowest BCUT2D eigenvalue weighted by atomic mass is 9.92. The molecule has 1 aromatic carbocycles. The second-order valence-corrected chi connectivity index (χ2v) is 7.36. The summed E-state index contributed by atoms with van der Waals surface area (Å²) in [6.07, 6.45) is 8.19. The highest BCUT2D eigenvalue weighted by molar-refractivity contribution is 5.95. The maximum atomic E-state index is 12.8. The number of nitrogens with zero attached hydrogens (tertiary/aromatic N) is 4. The van der Waals surface area contributed by atoms with Gasteiger partial charge < -0.3 is 14.8 Å². The molecule has 1 fully saturated rings. The maximum Gasteiger partial charge on any atom is 0.254 e. The number of hydrogen-bond donors (Lipinski definition) is 1. The van der Waals surface area contributed by atoms with Gasteiger partial charge in [-0.2, -0.15) is 10.1 Å². The summed E-state index contributed by atoms with van der Waals surface area (Å²) in [5.74, 6) is 0.809. The molecule has 156 valence electrons. The Bertz CT molecular complexity index is 997. The lowest BCUT2D eigenvalue weighted by Gasteiger charge is -2.29. The molecular weight excluding hydrogens is 382 g/mol. The van der Waals surface area contributed by atoms with Crippen molar-refractivity contribution in [3.05, 3.63) is 60.2 Å². The first-order valence-electron chi connectivity index (χ1n) is 10.1. The Balaban J connectivity index is 1.32. The SMILES string of the molecule is COc1cncc(OC2CCC(NC(=O)c3cnn(-c4ccccc4)c3C)CC2)n1. The summed E-state index contributed by atoms with van der Waals surface area (Å²) >= 11 is 0. The van der Waals surface area contributed by atoms with E-state index in [-0.39, 0.29) is 18.1 Å². The number of methoxy groups -OCH3 is 1. The average Bonchev–Trinajstić information content (AvgIpc) is 3.17. The molecule has 8 heteroatoms. The smallest absolute Gasteiger partial charge is 0.254 e. The van der Waals surface area contributed by atoms with Gasteiger partial charge in [0.1, 0.15) is 6.10 Å². The molecule has 2 heterocycles. The zero-order chi connectivity index (χ0) is 20.9. The molecule has 2 aromatic heterocycles. The van der Waals surface area contributed by atoms with Crippen molar-refractivity contribution in [2.24, 2.45) is 0 Å². The largest absolute Gasteiger partial charge is 0.480 e.